The van der Waals surface area contributed by atoms with E-state index in [1.807, 2.05) is 6.92 Å². The SMILES string of the molecule is C[OH+]Cc1cc(F)ccc1C. The highest BCUT2D eigenvalue weighted by molar-refractivity contribution is 5.25. The van der Waals surface area contributed by atoms with Gasteiger partial charge >= 0.3 is 0 Å². The molecule has 0 saturated carbocycles. The number of hydrogen-bond donors (Lipinski definition) is 0. The van der Waals surface area contributed by atoms with Crippen molar-refractivity contribution in [3.8, 4) is 0 Å². The quantitative estimate of drug-likeness (QED) is 0.577. The van der Waals surface area contributed by atoms with E-state index in [2.05, 4.69) is 4.74 Å². The molecular formula is C9H12FO+. The first-order chi connectivity index (χ1) is 5.24. The van der Waals surface area contributed by atoms with E-state index in [1.54, 1.807) is 13.2 Å². The molecule has 0 aliphatic carbocycles. The van der Waals surface area contributed by atoms with Gasteiger partial charge in [0.15, 0.2) is 6.61 Å². The molecule has 2 heteroatoms. The molecule has 1 rings (SSSR count). The van der Waals surface area contributed by atoms with Crippen LogP contribution in [0.4, 0.5) is 4.39 Å². The third-order valence-corrected chi connectivity index (χ3v) is 1.64. The lowest BCUT2D eigenvalue weighted by Gasteiger charge is -2.00. The van der Waals surface area contributed by atoms with Gasteiger partial charge in [-0.15, -0.1) is 0 Å². The summed E-state index contributed by atoms with van der Waals surface area (Å²) in [6, 6.07) is 4.77. The lowest BCUT2D eigenvalue weighted by molar-refractivity contribution is -0.00125. The predicted octanol–water partition coefficient (Wildman–Crippen LogP) is 1.79. The van der Waals surface area contributed by atoms with Crippen LogP contribution < -0.4 is 0 Å². The van der Waals surface area contributed by atoms with Crippen LogP contribution in [0.1, 0.15) is 11.1 Å². The van der Waals surface area contributed by atoms with Gasteiger partial charge in [0, 0.05) is 5.56 Å². The number of halogens is 1. The van der Waals surface area contributed by atoms with Crippen molar-refractivity contribution in [3.63, 3.8) is 0 Å². The zero-order valence-corrected chi connectivity index (χ0v) is 6.76. The van der Waals surface area contributed by atoms with Gasteiger partial charge in [0.25, 0.3) is 0 Å². The molecule has 0 fully saturated rings. The van der Waals surface area contributed by atoms with Crippen LogP contribution in [-0.4, -0.2) is 11.8 Å². The molecule has 0 amide bonds. The summed E-state index contributed by atoms with van der Waals surface area (Å²) in [6.07, 6.45) is 0. The summed E-state index contributed by atoms with van der Waals surface area (Å²) in [5.74, 6) is -0.186. The second kappa shape index (κ2) is 3.49. The van der Waals surface area contributed by atoms with E-state index in [4.69, 9.17) is 0 Å². The normalized spacial score (nSPS) is 10.1. The summed E-state index contributed by atoms with van der Waals surface area (Å²) in [6.45, 7) is 2.56. The van der Waals surface area contributed by atoms with Gasteiger partial charge in [-0.05, 0) is 24.6 Å². The summed E-state index contributed by atoms with van der Waals surface area (Å²) in [7, 11) is 1.73. The fourth-order valence-electron chi connectivity index (χ4n) is 0.981. The molecule has 1 N–H and O–H groups in total. The molecule has 0 heterocycles. The first kappa shape index (κ1) is 8.21. The van der Waals surface area contributed by atoms with Crippen molar-refractivity contribution in [2.75, 3.05) is 7.11 Å². The highest BCUT2D eigenvalue weighted by atomic mass is 19.1. The Balaban J connectivity index is 2.93. The van der Waals surface area contributed by atoms with E-state index in [0.717, 1.165) is 11.1 Å². The van der Waals surface area contributed by atoms with Crippen LogP contribution in [0.25, 0.3) is 0 Å². The predicted molar refractivity (Wildman–Crippen MR) is 43.0 cm³/mol. The molecule has 0 spiro atoms. The second-order valence-electron chi connectivity index (χ2n) is 2.55. The van der Waals surface area contributed by atoms with Gasteiger partial charge in [0.05, 0.1) is 0 Å². The maximum atomic E-state index is 12.6. The van der Waals surface area contributed by atoms with Crippen LogP contribution in [0, 0.1) is 12.7 Å². The number of hydrogen-bond acceptors (Lipinski definition) is 0. The molecule has 60 valence electrons. The summed E-state index contributed by atoms with van der Waals surface area (Å²) in [5.41, 5.74) is 2.06. The molecule has 0 aromatic heterocycles. The first-order valence-electron chi connectivity index (χ1n) is 3.54. The minimum atomic E-state index is -0.186. The van der Waals surface area contributed by atoms with Crippen molar-refractivity contribution in [3.05, 3.63) is 35.1 Å². The maximum Gasteiger partial charge on any atom is 0.171 e. The Morgan fingerprint density at radius 1 is 1.45 bits per heavy atom. The highest BCUT2D eigenvalue weighted by Gasteiger charge is 2.00. The van der Waals surface area contributed by atoms with Crippen LogP contribution in [0.3, 0.4) is 0 Å². The number of benzene rings is 1. The molecule has 0 atom stereocenters. The summed E-state index contributed by atoms with van der Waals surface area (Å²) in [4.78, 5) is 0. The largest absolute Gasteiger partial charge is 0.432 e. The monoisotopic (exact) mass is 155 g/mol. The zero-order valence-electron chi connectivity index (χ0n) is 6.76. The maximum absolute atomic E-state index is 12.6. The minimum Gasteiger partial charge on any atom is -0.432 e. The minimum absolute atomic E-state index is 0.186. The molecule has 0 aliphatic heterocycles. The van der Waals surface area contributed by atoms with Crippen molar-refractivity contribution >= 4 is 0 Å². The Morgan fingerprint density at radius 3 is 2.82 bits per heavy atom. The third-order valence-electron chi connectivity index (χ3n) is 1.64. The van der Waals surface area contributed by atoms with Gasteiger partial charge in [-0.25, -0.2) is 4.39 Å². The van der Waals surface area contributed by atoms with Gasteiger partial charge < -0.3 is 4.74 Å². The Morgan fingerprint density at radius 2 is 2.18 bits per heavy atom. The molecule has 1 aromatic carbocycles. The van der Waals surface area contributed by atoms with Crippen molar-refractivity contribution < 1.29 is 9.13 Å². The van der Waals surface area contributed by atoms with Crippen LogP contribution in [-0.2, 0) is 6.61 Å². The van der Waals surface area contributed by atoms with Gasteiger partial charge in [-0.3, -0.25) is 0 Å². The van der Waals surface area contributed by atoms with E-state index in [0.29, 0.717) is 6.61 Å². The van der Waals surface area contributed by atoms with Crippen molar-refractivity contribution in [1.82, 2.24) is 0 Å². The van der Waals surface area contributed by atoms with Crippen molar-refractivity contribution in [2.24, 2.45) is 0 Å². The van der Waals surface area contributed by atoms with Crippen LogP contribution >= 0.6 is 0 Å². The Bertz CT molecular complexity index is 245. The molecule has 0 saturated heterocycles. The van der Waals surface area contributed by atoms with E-state index in [9.17, 15) is 4.39 Å². The molecule has 0 unspecified atom stereocenters. The zero-order chi connectivity index (χ0) is 8.27. The molecule has 11 heavy (non-hydrogen) atoms. The lowest BCUT2D eigenvalue weighted by atomic mass is 10.1. The topological polar surface area (TPSA) is 12.8 Å². The number of aryl methyl sites for hydroxylation is 1. The molecule has 0 bridgehead atoms. The molecule has 0 radical (unpaired) electrons. The Labute approximate surface area is 65.8 Å². The molecule has 1 nitrogen and oxygen atoms in total. The summed E-state index contributed by atoms with van der Waals surface area (Å²) >= 11 is 0. The average molecular weight is 155 g/mol. The van der Waals surface area contributed by atoms with Crippen LogP contribution in [0.15, 0.2) is 18.2 Å². The number of rotatable bonds is 2. The van der Waals surface area contributed by atoms with E-state index >= 15 is 0 Å². The highest BCUT2D eigenvalue weighted by Crippen LogP contribution is 2.09. The second-order valence-corrected chi connectivity index (χ2v) is 2.55. The summed E-state index contributed by atoms with van der Waals surface area (Å²) < 4.78 is 16.6. The lowest BCUT2D eigenvalue weighted by Crippen LogP contribution is -1.95. The number of ether oxygens (including phenoxy) is 1. The van der Waals surface area contributed by atoms with E-state index < -0.39 is 0 Å². The van der Waals surface area contributed by atoms with Crippen molar-refractivity contribution in [2.45, 2.75) is 13.5 Å². The Kier molecular flexibility index (Phi) is 2.60. The molecular weight excluding hydrogens is 143 g/mol. The van der Waals surface area contributed by atoms with Gasteiger partial charge in [-0.2, -0.15) is 0 Å². The van der Waals surface area contributed by atoms with Gasteiger partial charge in [0.1, 0.15) is 12.9 Å². The van der Waals surface area contributed by atoms with E-state index in [-0.39, 0.29) is 5.82 Å². The molecule has 1 aromatic rings. The number of aliphatic hydroxyl groups is 2. The fourth-order valence-corrected chi connectivity index (χ4v) is 0.981. The van der Waals surface area contributed by atoms with Gasteiger partial charge in [-0.1, -0.05) is 6.07 Å². The van der Waals surface area contributed by atoms with Crippen molar-refractivity contribution in [1.29, 1.82) is 0 Å². The first-order valence-corrected chi connectivity index (χ1v) is 3.54. The van der Waals surface area contributed by atoms with E-state index in [1.165, 1.54) is 12.1 Å². The smallest absolute Gasteiger partial charge is 0.171 e. The molecule has 0 aliphatic rings. The van der Waals surface area contributed by atoms with Crippen LogP contribution in [0.2, 0.25) is 0 Å². The third kappa shape index (κ3) is 2.02. The average Bonchev–Trinajstić information content (AvgIpc) is 1.98. The summed E-state index contributed by atoms with van der Waals surface area (Å²) in [5, 5.41) is 0. The van der Waals surface area contributed by atoms with Gasteiger partial charge in [0.2, 0.25) is 0 Å². The Hall–Kier alpha value is -0.890. The standard InChI is InChI=1S/C9H11FO/c1-7-3-4-9(10)5-8(7)6-11-2/h3-5H,6H2,1-2H3/p+1. The van der Waals surface area contributed by atoms with Crippen LogP contribution in [0.5, 0.6) is 0 Å². The fraction of sp³-hybridized carbons (Fsp3) is 0.333.